The summed E-state index contributed by atoms with van der Waals surface area (Å²) in [7, 11) is 0. The number of anilines is 3. The third-order valence-electron chi connectivity index (χ3n) is 6.05. The Bertz CT molecular complexity index is 1360. The Morgan fingerprint density at radius 2 is 1.69 bits per heavy atom. The van der Waals surface area contributed by atoms with Gasteiger partial charge in [0.2, 0.25) is 0 Å². The highest BCUT2D eigenvalue weighted by molar-refractivity contribution is 5.93. The molecule has 2 aromatic heterocycles. The topological polar surface area (TPSA) is 136 Å². The summed E-state index contributed by atoms with van der Waals surface area (Å²) >= 11 is 0. The molecule has 0 aliphatic carbocycles. The number of ether oxygens (including phenoxy) is 1. The number of hydroxylamine groups is 2. The van der Waals surface area contributed by atoms with Gasteiger partial charge in [-0.3, -0.25) is 4.79 Å². The van der Waals surface area contributed by atoms with Gasteiger partial charge in [0.1, 0.15) is 30.1 Å². The number of nitrogens with zero attached hydrogens (tertiary/aromatic N) is 5. The fourth-order valence-electron chi connectivity index (χ4n) is 4.04. The number of piperazine rings is 1. The van der Waals surface area contributed by atoms with Gasteiger partial charge < -0.3 is 25.5 Å². The van der Waals surface area contributed by atoms with E-state index in [1.165, 1.54) is 0 Å². The first-order valence-corrected chi connectivity index (χ1v) is 13.0. The Morgan fingerprint density at radius 3 is 2.33 bits per heavy atom. The van der Waals surface area contributed by atoms with Crippen LogP contribution in [0.5, 0.6) is 0 Å². The largest absolute Gasteiger partial charge is 0.459 e. The minimum Gasteiger partial charge on any atom is -0.459 e. The van der Waals surface area contributed by atoms with E-state index in [4.69, 9.17) is 15.3 Å². The highest BCUT2D eigenvalue weighted by Crippen LogP contribution is 2.31. The molecule has 1 aliphatic rings. The lowest BCUT2D eigenvalue weighted by Gasteiger charge is -2.35. The third kappa shape index (κ3) is 7.11. The van der Waals surface area contributed by atoms with E-state index in [2.05, 4.69) is 25.2 Å². The molecule has 0 spiro atoms. The highest BCUT2D eigenvalue weighted by atomic mass is 16.7. The molecule has 4 rings (SSSR count). The molecule has 208 valence electrons. The van der Waals surface area contributed by atoms with Crippen molar-refractivity contribution in [2.24, 2.45) is 5.41 Å². The predicted octanol–water partition coefficient (Wildman–Crippen LogP) is 3.65. The van der Waals surface area contributed by atoms with Crippen molar-refractivity contribution in [2.45, 2.75) is 47.1 Å². The molecule has 0 radical (unpaired) electrons. The van der Waals surface area contributed by atoms with Crippen LogP contribution >= 0.6 is 0 Å². The van der Waals surface area contributed by atoms with Gasteiger partial charge in [-0.15, -0.1) is 5.06 Å². The van der Waals surface area contributed by atoms with Crippen molar-refractivity contribution < 1.29 is 19.2 Å². The second-order valence-corrected chi connectivity index (χ2v) is 11.6. The van der Waals surface area contributed by atoms with Gasteiger partial charge in [-0.05, 0) is 65.3 Å². The van der Waals surface area contributed by atoms with Gasteiger partial charge in [0, 0.05) is 30.2 Å². The first kappa shape index (κ1) is 28.0. The Morgan fingerprint density at radius 1 is 0.974 bits per heavy atom. The third-order valence-corrected chi connectivity index (χ3v) is 6.05. The molecule has 0 bridgehead atoms. The number of nitrogen functional groups attached to an aromatic ring is 1. The lowest BCUT2D eigenvalue weighted by atomic mass is 9.98. The molecular weight excluding hydrogens is 498 g/mol. The average Bonchev–Trinajstić information content (AvgIpc) is 2.86. The van der Waals surface area contributed by atoms with Crippen LogP contribution in [-0.4, -0.2) is 70.3 Å². The van der Waals surface area contributed by atoms with Crippen molar-refractivity contribution in [3.63, 3.8) is 0 Å². The van der Waals surface area contributed by atoms with Crippen molar-refractivity contribution in [3.05, 3.63) is 36.8 Å². The molecule has 3 heterocycles. The molecule has 3 aromatic rings. The summed E-state index contributed by atoms with van der Waals surface area (Å²) in [6, 6.07) is 7.76. The van der Waals surface area contributed by atoms with E-state index in [0.717, 1.165) is 27.8 Å². The molecule has 0 unspecified atom stereocenters. The average molecular weight is 536 g/mol. The number of benzene rings is 1. The standard InChI is InChI=1S/C28H37N7O4/c1-27(2,3)26(37)39-35-11-9-34(10-12-35)25-20-13-18(7-8-22(20)32-17-33-25)19-14-21(29)24(30-15-19)31-16-23(36)38-28(4,5)6/h7-8,13-15,17H,9-12,16,29H2,1-6H3,(H,30,31). The molecule has 1 aromatic carbocycles. The minimum atomic E-state index is -0.563. The summed E-state index contributed by atoms with van der Waals surface area (Å²) in [5, 5.41) is 5.56. The SMILES string of the molecule is CC(C)(C)OC(=O)CNc1ncc(-c2ccc3ncnc(N4CCN(OC(=O)C(C)(C)C)CC4)c3c2)cc1N. The molecule has 0 atom stereocenters. The van der Waals surface area contributed by atoms with Crippen LogP contribution in [-0.2, 0) is 19.2 Å². The van der Waals surface area contributed by atoms with Crippen LogP contribution in [0.4, 0.5) is 17.3 Å². The zero-order valence-electron chi connectivity index (χ0n) is 23.4. The molecule has 11 heteroatoms. The minimum absolute atomic E-state index is 0.0346. The second-order valence-electron chi connectivity index (χ2n) is 11.6. The normalized spacial score (nSPS) is 14.8. The second kappa shape index (κ2) is 11.0. The lowest BCUT2D eigenvalue weighted by molar-refractivity contribution is -0.201. The van der Waals surface area contributed by atoms with E-state index in [0.29, 0.717) is 37.7 Å². The lowest BCUT2D eigenvalue weighted by Crippen LogP contribution is -2.48. The van der Waals surface area contributed by atoms with Crippen LogP contribution in [0.1, 0.15) is 41.5 Å². The van der Waals surface area contributed by atoms with Crippen molar-refractivity contribution in [3.8, 4) is 11.1 Å². The molecule has 1 fully saturated rings. The number of carbonyl (C=O) groups is 2. The van der Waals surface area contributed by atoms with Gasteiger partial charge in [0.25, 0.3) is 0 Å². The number of hydrogen-bond acceptors (Lipinski definition) is 11. The Balaban J connectivity index is 1.48. The van der Waals surface area contributed by atoms with Crippen LogP contribution in [0.2, 0.25) is 0 Å². The Labute approximate surface area is 228 Å². The zero-order valence-corrected chi connectivity index (χ0v) is 23.4. The van der Waals surface area contributed by atoms with Crippen molar-refractivity contribution >= 4 is 40.2 Å². The number of esters is 1. The zero-order chi connectivity index (χ0) is 28.4. The number of nitrogens with two attached hydrogens (primary N) is 1. The van der Waals surface area contributed by atoms with Crippen molar-refractivity contribution in [1.29, 1.82) is 0 Å². The van der Waals surface area contributed by atoms with E-state index in [1.807, 2.05) is 65.8 Å². The molecule has 0 amide bonds. The number of aromatic nitrogens is 3. The fourth-order valence-corrected chi connectivity index (χ4v) is 4.04. The quantitative estimate of drug-likeness (QED) is 0.448. The molecule has 3 N–H and O–H groups in total. The summed E-state index contributed by atoms with van der Waals surface area (Å²) in [4.78, 5) is 45.5. The first-order chi connectivity index (χ1) is 18.3. The van der Waals surface area contributed by atoms with Gasteiger partial charge in [0.05, 0.1) is 29.7 Å². The van der Waals surface area contributed by atoms with Crippen molar-refractivity contribution in [1.82, 2.24) is 20.0 Å². The van der Waals surface area contributed by atoms with E-state index < -0.39 is 11.0 Å². The van der Waals surface area contributed by atoms with Crippen LogP contribution in [0.3, 0.4) is 0 Å². The molecule has 1 aliphatic heterocycles. The number of pyridine rings is 1. The summed E-state index contributed by atoms with van der Waals surface area (Å²) in [5.41, 5.74) is 8.11. The van der Waals surface area contributed by atoms with E-state index in [1.54, 1.807) is 17.6 Å². The summed E-state index contributed by atoms with van der Waals surface area (Å²) in [5.74, 6) is 0.606. The number of hydrogen-bond donors (Lipinski definition) is 2. The summed E-state index contributed by atoms with van der Waals surface area (Å²) < 4.78 is 5.32. The van der Waals surface area contributed by atoms with Gasteiger partial charge in [-0.2, -0.15) is 0 Å². The van der Waals surface area contributed by atoms with Crippen LogP contribution in [0.25, 0.3) is 22.0 Å². The number of carbonyl (C=O) groups excluding carboxylic acids is 2. The molecule has 1 saturated heterocycles. The monoisotopic (exact) mass is 535 g/mol. The summed E-state index contributed by atoms with van der Waals surface area (Å²) in [6.45, 7) is 13.4. The van der Waals surface area contributed by atoms with Gasteiger partial charge in [0.15, 0.2) is 0 Å². The van der Waals surface area contributed by atoms with Crippen LogP contribution < -0.4 is 16.0 Å². The number of fused-ring (bicyclic) bond motifs is 1. The van der Waals surface area contributed by atoms with Crippen LogP contribution in [0.15, 0.2) is 36.8 Å². The maximum absolute atomic E-state index is 12.3. The van der Waals surface area contributed by atoms with Crippen LogP contribution in [0, 0.1) is 5.41 Å². The Kier molecular flexibility index (Phi) is 7.91. The van der Waals surface area contributed by atoms with Gasteiger partial charge >= 0.3 is 11.9 Å². The smallest absolute Gasteiger partial charge is 0.330 e. The van der Waals surface area contributed by atoms with Gasteiger partial charge in [-0.1, -0.05) is 6.07 Å². The van der Waals surface area contributed by atoms with Gasteiger partial charge in [-0.25, -0.2) is 19.7 Å². The van der Waals surface area contributed by atoms with Crippen molar-refractivity contribution in [2.75, 3.05) is 48.7 Å². The first-order valence-electron chi connectivity index (χ1n) is 13.0. The molecule has 11 nitrogen and oxygen atoms in total. The molecular formula is C28H37N7O4. The predicted molar refractivity (Wildman–Crippen MR) is 151 cm³/mol. The fraction of sp³-hybridized carbons (Fsp3) is 0.464. The van der Waals surface area contributed by atoms with E-state index in [-0.39, 0.29) is 18.5 Å². The number of nitrogens with one attached hydrogen (secondary N) is 1. The summed E-state index contributed by atoms with van der Waals surface area (Å²) in [6.07, 6.45) is 3.27. The maximum Gasteiger partial charge on any atom is 0.330 e. The molecule has 0 saturated carbocycles. The van der Waals surface area contributed by atoms with E-state index >= 15 is 0 Å². The van der Waals surface area contributed by atoms with E-state index in [9.17, 15) is 9.59 Å². The molecule has 39 heavy (non-hydrogen) atoms. The maximum atomic E-state index is 12.3. The Hall–Kier alpha value is -3.99. The highest BCUT2D eigenvalue weighted by Gasteiger charge is 2.28. The number of rotatable bonds is 6.